The van der Waals surface area contributed by atoms with Gasteiger partial charge in [-0.05, 0) is 51.0 Å². The van der Waals surface area contributed by atoms with E-state index < -0.39 is 5.60 Å². The van der Waals surface area contributed by atoms with Gasteiger partial charge in [0.2, 0.25) is 0 Å². The molecule has 1 atom stereocenters. The normalized spacial score (nSPS) is 19.4. The first kappa shape index (κ1) is 19.3. The lowest BCUT2D eigenvalue weighted by atomic mass is 10.1. The Morgan fingerprint density at radius 3 is 2.78 bits per heavy atom. The van der Waals surface area contributed by atoms with Crippen LogP contribution in [0.2, 0.25) is 0 Å². The Morgan fingerprint density at radius 1 is 1.30 bits per heavy atom. The van der Waals surface area contributed by atoms with E-state index in [1.807, 2.05) is 32.9 Å². The second kappa shape index (κ2) is 7.66. The number of nitrogens with zero attached hydrogens (tertiary/aromatic N) is 3. The minimum Gasteiger partial charge on any atom is -0.497 e. The van der Waals surface area contributed by atoms with Crippen molar-refractivity contribution in [2.24, 2.45) is 4.99 Å². The van der Waals surface area contributed by atoms with Gasteiger partial charge in [-0.1, -0.05) is 6.07 Å². The standard InChI is InChI=1S/C20H30N4O3/c1-14-8-15(10-17(9-14)26-5)11-21-18-22-12-16-13-23(6-7-24(16)18)19(25)27-20(2,3)4/h8-10,16H,6-7,11-13H2,1-5H3,(H,21,22). The van der Waals surface area contributed by atoms with E-state index in [0.717, 1.165) is 23.8 Å². The fourth-order valence-electron chi connectivity index (χ4n) is 3.45. The molecule has 1 aromatic carbocycles. The zero-order chi connectivity index (χ0) is 19.6. The Morgan fingerprint density at radius 2 is 2.07 bits per heavy atom. The van der Waals surface area contributed by atoms with Crippen LogP contribution in [0.1, 0.15) is 31.9 Å². The summed E-state index contributed by atoms with van der Waals surface area (Å²) in [7, 11) is 1.68. The molecule has 0 spiro atoms. The lowest BCUT2D eigenvalue weighted by Crippen LogP contribution is -2.57. The molecular weight excluding hydrogens is 344 g/mol. The lowest BCUT2D eigenvalue weighted by Gasteiger charge is -2.39. The first-order valence-electron chi connectivity index (χ1n) is 9.42. The molecule has 0 bridgehead atoms. The first-order valence-corrected chi connectivity index (χ1v) is 9.42. The molecule has 2 aliphatic rings. The van der Waals surface area contributed by atoms with Gasteiger partial charge in [-0.15, -0.1) is 0 Å². The zero-order valence-corrected chi connectivity index (χ0v) is 16.9. The number of aliphatic imine (C=N–C) groups is 1. The SMILES string of the molecule is COc1cc(C)cc(CNC2=NCC3CN(C(=O)OC(C)(C)C)CCN23)c1. The largest absolute Gasteiger partial charge is 0.497 e. The highest BCUT2D eigenvalue weighted by Crippen LogP contribution is 2.20. The molecule has 7 nitrogen and oxygen atoms in total. The molecule has 2 heterocycles. The summed E-state index contributed by atoms with van der Waals surface area (Å²) in [6.07, 6.45) is -0.240. The van der Waals surface area contributed by atoms with E-state index in [9.17, 15) is 4.79 Å². The zero-order valence-electron chi connectivity index (χ0n) is 16.9. The first-order chi connectivity index (χ1) is 12.7. The quantitative estimate of drug-likeness (QED) is 0.880. The van der Waals surface area contributed by atoms with Gasteiger partial charge in [0.1, 0.15) is 11.4 Å². The molecule has 7 heteroatoms. The molecule has 1 amide bonds. The van der Waals surface area contributed by atoms with Crippen molar-refractivity contribution in [2.75, 3.05) is 33.3 Å². The van der Waals surface area contributed by atoms with E-state index in [2.05, 4.69) is 28.2 Å². The van der Waals surface area contributed by atoms with Gasteiger partial charge >= 0.3 is 6.09 Å². The molecule has 1 saturated heterocycles. The average Bonchev–Trinajstić information content (AvgIpc) is 3.00. The minimum atomic E-state index is -0.470. The van der Waals surface area contributed by atoms with E-state index in [1.54, 1.807) is 12.0 Å². The van der Waals surface area contributed by atoms with Crippen LogP contribution in [0.15, 0.2) is 23.2 Å². The molecule has 0 aliphatic carbocycles. The van der Waals surface area contributed by atoms with Crippen molar-refractivity contribution in [3.8, 4) is 5.75 Å². The van der Waals surface area contributed by atoms with E-state index >= 15 is 0 Å². The number of fused-ring (bicyclic) bond motifs is 1. The molecule has 27 heavy (non-hydrogen) atoms. The Labute approximate surface area is 161 Å². The van der Waals surface area contributed by atoms with E-state index in [0.29, 0.717) is 26.2 Å². The van der Waals surface area contributed by atoms with Crippen LogP contribution < -0.4 is 10.1 Å². The van der Waals surface area contributed by atoms with Crippen molar-refractivity contribution in [3.63, 3.8) is 0 Å². The average molecular weight is 374 g/mol. The van der Waals surface area contributed by atoms with Crippen molar-refractivity contribution in [3.05, 3.63) is 29.3 Å². The van der Waals surface area contributed by atoms with E-state index in [1.165, 1.54) is 5.56 Å². The van der Waals surface area contributed by atoms with Crippen molar-refractivity contribution in [2.45, 2.75) is 45.9 Å². The summed E-state index contributed by atoms with van der Waals surface area (Å²) in [4.78, 5) is 21.0. The number of rotatable bonds is 3. The molecule has 1 N–H and O–H groups in total. The number of carbonyl (C=O) groups excluding carboxylic acids is 1. The fourth-order valence-corrected chi connectivity index (χ4v) is 3.45. The number of ether oxygens (including phenoxy) is 2. The van der Waals surface area contributed by atoms with Gasteiger partial charge in [-0.25, -0.2) is 4.79 Å². The van der Waals surface area contributed by atoms with Gasteiger partial charge in [0.05, 0.1) is 19.7 Å². The second-order valence-corrected chi connectivity index (χ2v) is 8.15. The smallest absolute Gasteiger partial charge is 0.410 e. The van der Waals surface area contributed by atoms with Gasteiger partial charge in [0.25, 0.3) is 0 Å². The number of carbonyl (C=O) groups is 1. The van der Waals surface area contributed by atoms with Crippen LogP contribution in [0.5, 0.6) is 5.75 Å². The van der Waals surface area contributed by atoms with Crippen molar-refractivity contribution < 1.29 is 14.3 Å². The Bertz CT molecular complexity index is 726. The summed E-state index contributed by atoms with van der Waals surface area (Å²) >= 11 is 0. The summed E-state index contributed by atoms with van der Waals surface area (Å²) in [5.74, 6) is 1.77. The van der Waals surface area contributed by atoms with Crippen LogP contribution in [0.3, 0.4) is 0 Å². The second-order valence-electron chi connectivity index (χ2n) is 8.15. The van der Waals surface area contributed by atoms with Crippen LogP contribution in [0.25, 0.3) is 0 Å². The molecule has 2 aliphatic heterocycles. The minimum absolute atomic E-state index is 0.209. The predicted molar refractivity (Wildman–Crippen MR) is 105 cm³/mol. The molecule has 3 rings (SSSR count). The van der Waals surface area contributed by atoms with Crippen LogP contribution in [-0.4, -0.2) is 66.8 Å². The number of guanidine groups is 1. The lowest BCUT2D eigenvalue weighted by molar-refractivity contribution is 0.0137. The van der Waals surface area contributed by atoms with Crippen LogP contribution in [-0.2, 0) is 11.3 Å². The number of hydrogen-bond donors (Lipinski definition) is 1. The number of methoxy groups -OCH3 is 1. The number of amides is 1. The maximum Gasteiger partial charge on any atom is 0.410 e. The van der Waals surface area contributed by atoms with Gasteiger partial charge < -0.3 is 24.6 Å². The summed E-state index contributed by atoms with van der Waals surface area (Å²) < 4.78 is 10.8. The Hall–Kier alpha value is -2.44. The number of benzene rings is 1. The third-order valence-corrected chi connectivity index (χ3v) is 4.66. The van der Waals surface area contributed by atoms with Crippen molar-refractivity contribution in [1.82, 2.24) is 15.1 Å². The summed E-state index contributed by atoms with van der Waals surface area (Å²) in [6, 6.07) is 6.40. The highest BCUT2D eigenvalue weighted by atomic mass is 16.6. The third-order valence-electron chi connectivity index (χ3n) is 4.66. The number of aryl methyl sites for hydroxylation is 1. The van der Waals surface area contributed by atoms with Gasteiger partial charge in [0.15, 0.2) is 5.96 Å². The summed E-state index contributed by atoms with van der Waals surface area (Å²) in [6.45, 7) is 11.2. The van der Waals surface area contributed by atoms with Gasteiger partial charge in [-0.2, -0.15) is 0 Å². The van der Waals surface area contributed by atoms with Crippen LogP contribution in [0, 0.1) is 6.92 Å². The molecule has 1 fully saturated rings. The van der Waals surface area contributed by atoms with Crippen LogP contribution >= 0.6 is 0 Å². The molecule has 0 radical (unpaired) electrons. The monoisotopic (exact) mass is 374 g/mol. The van der Waals surface area contributed by atoms with Crippen molar-refractivity contribution in [1.29, 1.82) is 0 Å². The van der Waals surface area contributed by atoms with Gasteiger partial charge in [-0.3, -0.25) is 4.99 Å². The Balaban J connectivity index is 1.55. The molecule has 1 aromatic rings. The number of piperazine rings is 1. The molecule has 0 saturated carbocycles. The highest BCUT2D eigenvalue weighted by Gasteiger charge is 2.36. The molecule has 0 aromatic heterocycles. The summed E-state index contributed by atoms with van der Waals surface area (Å²) in [5.41, 5.74) is 1.86. The summed E-state index contributed by atoms with van der Waals surface area (Å²) in [5, 5.41) is 3.44. The molecule has 1 unspecified atom stereocenters. The fraction of sp³-hybridized carbons (Fsp3) is 0.600. The van der Waals surface area contributed by atoms with E-state index in [-0.39, 0.29) is 12.1 Å². The molecule has 148 valence electrons. The van der Waals surface area contributed by atoms with Crippen LogP contribution in [0.4, 0.5) is 4.79 Å². The van der Waals surface area contributed by atoms with Gasteiger partial charge in [0, 0.05) is 26.2 Å². The Kier molecular flexibility index (Phi) is 5.48. The van der Waals surface area contributed by atoms with E-state index in [4.69, 9.17) is 9.47 Å². The maximum absolute atomic E-state index is 12.3. The third kappa shape index (κ3) is 4.84. The van der Waals surface area contributed by atoms with Crippen molar-refractivity contribution >= 4 is 12.1 Å². The molecular formula is C20H30N4O3. The maximum atomic E-state index is 12.3. The predicted octanol–water partition coefficient (Wildman–Crippen LogP) is 2.38. The topological polar surface area (TPSA) is 66.4 Å². The highest BCUT2D eigenvalue weighted by molar-refractivity contribution is 5.82. The number of hydrogen-bond acceptors (Lipinski definition) is 6. The number of nitrogens with one attached hydrogen (secondary N) is 1.